The molecular weight excluding hydrogens is 307 g/mol. The van der Waals surface area contributed by atoms with Gasteiger partial charge >= 0.3 is 0 Å². The zero-order valence-electron chi connectivity index (χ0n) is 13.5. The Morgan fingerprint density at radius 3 is 1.62 bits per heavy atom. The molecule has 0 heterocycles. The molecule has 1 N–H and O–H groups in total. The summed E-state index contributed by atoms with van der Waals surface area (Å²) < 4.78 is 44.6. The summed E-state index contributed by atoms with van der Waals surface area (Å²) in [6.07, 6.45) is 0.408. The molecule has 0 aliphatic rings. The van der Waals surface area contributed by atoms with Gasteiger partial charge in [0.15, 0.2) is 0 Å². The van der Waals surface area contributed by atoms with Gasteiger partial charge in [-0.25, -0.2) is 0 Å². The minimum absolute atomic E-state index is 0.146. The molecule has 0 saturated carbocycles. The van der Waals surface area contributed by atoms with E-state index in [1.165, 1.54) is 12.1 Å². The van der Waals surface area contributed by atoms with Crippen LogP contribution >= 0.6 is 7.14 Å². The lowest BCUT2D eigenvalue weighted by Crippen LogP contribution is -2.29. The molecule has 0 fully saturated rings. The van der Waals surface area contributed by atoms with Crippen molar-refractivity contribution in [3.8, 4) is 0 Å². The van der Waals surface area contributed by atoms with E-state index < -0.39 is 17.3 Å². The van der Waals surface area contributed by atoms with E-state index in [2.05, 4.69) is 0 Å². The molecular formula is C15H25O4PS. The normalized spacial score (nSPS) is 14.2. The summed E-state index contributed by atoms with van der Waals surface area (Å²) in [4.78, 5) is -0.146. The van der Waals surface area contributed by atoms with Crippen LogP contribution in [-0.4, -0.2) is 23.3 Å². The van der Waals surface area contributed by atoms with Crippen molar-refractivity contribution in [1.82, 2.24) is 0 Å². The monoisotopic (exact) mass is 332 g/mol. The molecule has 0 saturated heterocycles. The molecule has 0 unspecified atom stereocenters. The highest BCUT2D eigenvalue weighted by Gasteiger charge is 2.45. The Bertz CT molecular complexity index is 628. The van der Waals surface area contributed by atoms with E-state index in [1.54, 1.807) is 12.1 Å². The Kier molecular flexibility index (Phi) is 4.85. The second-order valence-electron chi connectivity index (χ2n) is 7.36. The summed E-state index contributed by atoms with van der Waals surface area (Å²) in [5.41, 5.74) is 0.815. The van der Waals surface area contributed by atoms with Gasteiger partial charge in [-0.1, -0.05) is 53.7 Å². The van der Waals surface area contributed by atoms with Crippen LogP contribution in [-0.2, 0) is 20.8 Å². The molecule has 21 heavy (non-hydrogen) atoms. The molecule has 0 radical (unpaired) electrons. The lowest BCUT2D eigenvalue weighted by atomic mass is 10.2. The van der Waals surface area contributed by atoms with Crippen molar-refractivity contribution in [2.75, 3.05) is 0 Å². The standard InChI is InChI=1S/C15H25O4PS/c1-14(2,3)20(16,15(4,5)6)11-12-7-9-13(10-8-12)21(17,18)19/h7-10H,11H2,1-6H3,(H,17,18,19). The molecule has 0 amide bonds. The molecule has 1 rings (SSSR count). The average Bonchev–Trinajstić information content (AvgIpc) is 2.25. The molecule has 4 nitrogen and oxygen atoms in total. The van der Waals surface area contributed by atoms with E-state index in [0.29, 0.717) is 6.16 Å². The maximum Gasteiger partial charge on any atom is 0.294 e. The summed E-state index contributed by atoms with van der Waals surface area (Å²) in [5.74, 6) is 0. The number of hydrogen-bond acceptors (Lipinski definition) is 3. The predicted octanol–water partition coefficient (Wildman–Crippen LogP) is 4.39. The molecule has 0 atom stereocenters. The van der Waals surface area contributed by atoms with Crippen molar-refractivity contribution < 1.29 is 17.5 Å². The lowest BCUT2D eigenvalue weighted by molar-refractivity contribution is 0.483. The topological polar surface area (TPSA) is 71.4 Å². The smallest absolute Gasteiger partial charge is 0.294 e. The summed E-state index contributed by atoms with van der Waals surface area (Å²) in [6.45, 7) is 11.9. The van der Waals surface area contributed by atoms with E-state index in [1.807, 2.05) is 41.5 Å². The van der Waals surface area contributed by atoms with E-state index in [0.717, 1.165) is 5.56 Å². The van der Waals surface area contributed by atoms with Crippen LogP contribution in [0, 0.1) is 0 Å². The van der Waals surface area contributed by atoms with Gasteiger partial charge in [-0.3, -0.25) is 4.55 Å². The third kappa shape index (κ3) is 3.97. The van der Waals surface area contributed by atoms with Crippen LogP contribution in [0.3, 0.4) is 0 Å². The third-order valence-electron chi connectivity index (χ3n) is 3.79. The van der Waals surface area contributed by atoms with Crippen molar-refractivity contribution in [2.24, 2.45) is 0 Å². The molecule has 6 heteroatoms. The third-order valence-corrected chi connectivity index (χ3v) is 9.81. The van der Waals surface area contributed by atoms with E-state index in [4.69, 9.17) is 4.55 Å². The minimum atomic E-state index is -4.19. The van der Waals surface area contributed by atoms with Gasteiger partial charge in [-0.15, -0.1) is 0 Å². The van der Waals surface area contributed by atoms with E-state index in [-0.39, 0.29) is 15.2 Å². The summed E-state index contributed by atoms with van der Waals surface area (Å²) in [5, 5.41) is -0.681. The SMILES string of the molecule is CC(C)(C)P(=O)(Cc1ccc(S(=O)(=O)O)cc1)C(C)(C)C. The maximum absolute atomic E-state index is 13.5. The molecule has 0 aliphatic heterocycles. The first kappa shape index (κ1) is 18.4. The Balaban J connectivity index is 3.22. The van der Waals surface area contributed by atoms with Crippen molar-refractivity contribution in [1.29, 1.82) is 0 Å². The second kappa shape index (κ2) is 5.53. The van der Waals surface area contributed by atoms with E-state index >= 15 is 0 Å². The quantitative estimate of drug-likeness (QED) is 0.658. The Hall–Kier alpha value is -0.640. The van der Waals surface area contributed by atoms with Crippen LogP contribution < -0.4 is 0 Å². The molecule has 120 valence electrons. The van der Waals surface area contributed by atoms with Gasteiger partial charge in [0.2, 0.25) is 0 Å². The van der Waals surface area contributed by atoms with Gasteiger partial charge in [-0.05, 0) is 17.7 Å². The molecule has 1 aromatic carbocycles. The van der Waals surface area contributed by atoms with Gasteiger partial charge in [0, 0.05) is 16.5 Å². The number of rotatable bonds is 3. The molecule has 0 bridgehead atoms. The fraction of sp³-hybridized carbons (Fsp3) is 0.600. The number of benzene rings is 1. The summed E-state index contributed by atoms with van der Waals surface area (Å²) in [6, 6.07) is 5.93. The van der Waals surface area contributed by atoms with Crippen LogP contribution in [0.4, 0.5) is 0 Å². The van der Waals surface area contributed by atoms with Crippen LogP contribution in [0.1, 0.15) is 47.1 Å². The second-order valence-corrected chi connectivity index (χ2v) is 13.3. The van der Waals surface area contributed by atoms with Crippen molar-refractivity contribution in [3.05, 3.63) is 29.8 Å². The Labute approximate surface area is 128 Å². The molecule has 1 aromatic rings. The predicted molar refractivity (Wildman–Crippen MR) is 87.1 cm³/mol. The van der Waals surface area contributed by atoms with Gasteiger partial charge in [0.1, 0.15) is 7.14 Å². The van der Waals surface area contributed by atoms with Crippen LogP contribution in [0.25, 0.3) is 0 Å². The largest absolute Gasteiger partial charge is 0.322 e. The molecule has 0 aromatic heterocycles. The van der Waals surface area contributed by atoms with E-state index in [9.17, 15) is 13.0 Å². The fourth-order valence-corrected chi connectivity index (χ4v) is 6.67. The van der Waals surface area contributed by atoms with Gasteiger partial charge in [0.05, 0.1) is 4.90 Å². The van der Waals surface area contributed by atoms with Gasteiger partial charge in [-0.2, -0.15) is 8.42 Å². The summed E-state index contributed by atoms with van der Waals surface area (Å²) in [7, 11) is -6.77. The van der Waals surface area contributed by atoms with Gasteiger partial charge < -0.3 is 4.57 Å². The fourth-order valence-electron chi connectivity index (χ4n) is 2.50. The first-order chi connectivity index (χ1) is 9.18. The zero-order valence-corrected chi connectivity index (χ0v) is 15.3. The van der Waals surface area contributed by atoms with Crippen molar-refractivity contribution in [3.63, 3.8) is 0 Å². The lowest BCUT2D eigenvalue weighted by Gasteiger charge is -2.41. The van der Waals surface area contributed by atoms with Crippen LogP contribution in [0.2, 0.25) is 0 Å². The Morgan fingerprint density at radius 2 is 1.33 bits per heavy atom. The highest BCUT2D eigenvalue weighted by molar-refractivity contribution is 7.85. The summed E-state index contributed by atoms with van der Waals surface area (Å²) >= 11 is 0. The molecule has 0 aliphatic carbocycles. The zero-order chi connectivity index (χ0) is 16.7. The maximum atomic E-state index is 13.5. The molecule has 0 spiro atoms. The minimum Gasteiger partial charge on any atom is -0.322 e. The highest BCUT2D eigenvalue weighted by atomic mass is 32.2. The highest BCUT2D eigenvalue weighted by Crippen LogP contribution is 2.68. The van der Waals surface area contributed by atoms with Crippen LogP contribution in [0.5, 0.6) is 0 Å². The van der Waals surface area contributed by atoms with Crippen molar-refractivity contribution >= 4 is 17.3 Å². The Morgan fingerprint density at radius 1 is 0.952 bits per heavy atom. The first-order valence-corrected chi connectivity index (χ1v) is 10.2. The van der Waals surface area contributed by atoms with Crippen molar-refractivity contribution in [2.45, 2.75) is 62.9 Å². The average molecular weight is 332 g/mol. The number of hydrogen-bond donors (Lipinski definition) is 1. The van der Waals surface area contributed by atoms with Gasteiger partial charge in [0.25, 0.3) is 10.1 Å². The van der Waals surface area contributed by atoms with Crippen LogP contribution in [0.15, 0.2) is 29.2 Å². The first-order valence-electron chi connectivity index (χ1n) is 6.84.